The molecule has 1 radical (unpaired) electrons. The van der Waals surface area contributed by atoms with E-state index in [0.29, 0.717) is 0 Å². The third-order valence-electron chi connectivity index (χ3n) is 2.18. The lowest BCUT2D eigenvalue weighted by Crippen LogP contribution is -2.13. The molecule has 0 fully saturated rings. The Morgan fingerprint density at radius 1 is 1.31 bits per heavy atom. The Bertz CT molecular complexity index is 366. The maximum absolute atomic E-state index is 10.9. The molecule has 65 valence electrons. The maximum atomic E-state index is 10.9. The van der Waals surface area contributed by atoms with Crippen LogP contribution in [0.3, 0.4) is 0 Å². The fraction of sp³-hybridized carbons (Fsp3) is 0.0909. The second-order valence-corrected chi connectivity index (χ2v) is 3.00. The van der Waals surface area contributed by atoms with E-state index in [1.807, 2.05) is 30.7 Å². The molecule has 0 aromatic heterocycles. The first-order chi connectivity index (χ1) is 6.29. The molecule has 0 saturated heterocycles. The van der Waals surface area contributed by atoms with Gasteiger partial charge < -0.3 is 5.11 Å². The van der Waals surface area contributed by atoms with E-state index >= 15 is 0 Å². The highest BCUT2D eigenvalue weighted by Gasteiger charge is 2.21. The number of carboxylic acid groups (broad SMARTS) is 1. The van der Waals surface area contributed by atoms with Crippen molar-refractivity contribution in [3.63, 3.8) is 0 Å². The van der Waals surface area contributed by atoms with Gasteiger partial charge in [-0.3, -0.25) is 4.79 Å². The van der Waals surface area contributed by atoms with Crippen LogP contribution in [-0.2, 0) is 4.79 Å². The third kappa shape index (κ3) is 1.35. The quantitative estimate of drug-likeness (QED) is 0.705. The number of hydrogen-bond donors (Lipinski definition) is 1. The van der Waals surface area contributed by atoms with Gasteiger partial charge in [0.25, 0.3) is 0 Å². The van der Waals surface area contributed by atoms with Crippen molar-refractivity contribution in [2.24, 2.45) is 0 Å². The molecule has 0 spiro atoms. The lowest BCUT2D eigenvalue weighted by Gasteiger charge is -2.16. The zero-order valence-electron chi connectivity index (χ0n) is 6.97. The number of benzene rings is 1. The van der Waals surface area contributed by atoms with E-state index in [-0.39, 0.29) is 0 Å². The average Bonchev–Trinajstić information content (AvgIpc) is 2.17. The van der Waals surface area contributed by atoms with Crippen LogP contribution in [-0.4, -0.2) is 11.1 Å². The van der Waals surface area contributed by atoms with Crippen molar-refractivity contribution in [3.05, 3.63) is 54.0 Å². The fourth-order valence-corrected chi connectivity index (χ4v) is 1.54. The second-order valence-electron chi connectivity index (χ2n) is 3.00. The van der Waals surface area contributed by atoms with Crippen LogP contribution in [0.15, 0.2) is 36.4 Å². The number of carbonyl (C=O) groups is 1. The van der Waals surface area contributed by atoms with Gasteiger partial charge in [0.2, 0.25) is 0 Å². The molecule has 13 heavy (non-hydrogen) atoms. The first-order valence-corrected chi connectivity index (χ1v) is 4.12. The fourth-order valence-electron chi connectivity index (χ4n) is 1.54. The summed E-state index contributed by atoms with van der Waals surface area (Å²) in [5.41, 5.74) is 1.87. The van der Waals surface area contributed by atoms with E-state index in [2.05, 4.69) is 0 Å². The van der Waals surface area contributed by atoms with Crippen molar-refractivity contribution >= 4 is 5.97 Å². The molecule has 1 unspecified atom stereocenters. The van der Waals surface area contributed by atoms with Gasteiger partial charge in [0, 0.05) is 6.42 Å². The SMILES string of the molecule is O=C(O)C1C=C[CH]c2ccccc21. The standard InChI is InChI=1S/C11H9O2/c12-11(13)10-7-3-5-8-4-1-2-6-9(8)10/h1-7,10H,(H,12,13). The molecule has 2 rings (SSSR count). The van der Waals surface area contributed by atoms with Gasteiger partial charge >= 0.3 is 5.97 Å². The van der Waals surface area contributed by atoms with Crippen molar-refractivity contribution < 1.29 is 9.90 Å². The lowest BCUT2D eigenvalue weighted by molar-refractivity contribution is -0.137. The van der Waals surface area contributed by atoms with Crippen LogP contribution >= 0.6 is 0 Å². The number of hydrogen-bond acceptors (Lipinski definition) is 1. The van der Waals surface area contributed by atoms with Crippen LogP contribution in [0.4, 0.5) is 0 Å². The molecule has 0 saturated carbocycles. The van der Waals surface area contributed by atoms with Crippen molar-refractivity contribution in [2.45, 2.75) is 5.92 Å². The largest absolute Gasteiger partial charge is 0.481 e. The number of allylic oxidation sites excluding steroid dienone is 1. The molecule has 1 aromatic rings. The van der Waals surface area contributed by atoms with Crippen LogP contribution < -0.4 is 0 Å². The summed E-state index contributed by atoms with van der Waals surface area (Å²) in [6.45, 7) is 0. The molecular formula is C11H9O2. The Hall–Kier alpha value is -1.57. The molecule has 0 aliphatic heterocycles. The molecule has 0 bridgehead atoms. The van der Waals surface area contributed by atoms with Crippen molar-refractivity contribution in [1.82, 2.24) is 0 Å². The Balaban J connectivity index is 2.48. The highest BCUT2D eigenvalue weighted by atomic mass is 16.4. The Morgan fingerprint density at radius 2 is 2.08 bits per heavy atom. The number of rotatable bonds is 1. The van der Waals surface area contributed by atoms with Crippen molar-refractivity contribution in [1.29, 1.82) is 0 Å². The second kappa shape index (κ2) is 3.05. The van der Waals surface area contributed by atoms with Gasteiger partial charge in [-0.15, -0.1) is 0 Å². The number of carboxylic acids is 1. The van der Waals surface area contributed by atoms with E-state index in [0.717, 1.165) is 11.1 Å². The van der Waals surface area contributed by atoms with E-state index in [9.17, 15) is 4.79 Å². The van der Waals surface area contributed by atoms with Crippen LogP contribution in [0.5, 0.6) is 0 Å². The smallest absolute Gasteiger partial charge is 0.314 e. The zero-order chi connectivity index (χ0) is 9.26. The summed E-state index contributed by atoms with van der Waals surface area (Å²) in [6.07, 6.45) is 5.42. The molecule has 2 heteroatoms. The molecule has 1 N–H and O–H groups in total. The first-order valence-electron chi connectivity index (χ1n) is 4.12. The van der Waals surface area contributed by atoms with E-state index in [1.165, 1.54) is 0 Å². The normalized spacial score (nSPS) is 19.5. The predicted molar refractivity (Wildman–Crippen MR) is 49.4 cm³/mol. The summed E-state index contributed by atoms with van der Waals surface area (Å²) in [5.74, 6) is -1.28. The van der Waals surface area contributed by atoms with Gasteiger partial charge in [0.15, 0.2) is 0 Å². The summed E-state index contributed by atoms with van der Waals surface area (Å²) < 4.78 is 0. The number of fused-ring (bicyclic) bond motifs is 1. The topological polar surface area (TPSA) is 37.3 Å². The van der Waals surface area contributed by atoms with Gasteiger partial charge in [-0.2, -0.15) is 0 Å². The van der Waals surface area contributed by atoms with Crippen molar-refractivity contribution in [2.75, 3.05) is 0 Å². The van der Waals surface area contributed by atoms with Gasteiger partial charge in [-0.05, 0) is 11.1 Å². The van der Waals surface area contributed by atoms with Crippen LogP contribution in [0, 0.1) is 6.42 Å². The first kappa shape index (κ1) is 8.05. The molecular weight excluding hydrogens is 164 g/mol. The molecule has 0 heterocycles. The molecule has 1 aromatic carbocycles. The Morgan fingerprint density at radius 3 is 2.85 bits per heavy atom. The summed E-state index contributed by atoms with van der Waals surface area (Å²) in [6, 6.07) is 7.55. The van der Waals surface area contributed by atoms with Crippen LogP contribution in [0.1, 0.15) is 17.0 Å². The maximum Gasteiger partial charge on any atom is 0.314 e. The molecule has 0 amide bonds. The van der Waals surface area contributed by atoms with Gasteiger partial charge in [0.05, 0.1) is 0 Å². The number of aliphatic carboxylic acids is 1. The van der Waals surface area contributed by atoms with Gasteiger partial charge in [0.1, 0.15) is 5.92 Å². The minimum atomic E-state index is -0.795. The third-order valence-corrected chi connectivity index (χ3v) is 2.18. The Kier molecular flexibility index (Phi) is 1.89. The van der Waals surface area contributed by atoms with Crippen LogP contribution in [0.25, 0.3) is 0 Å². The van der Waals surface area contributed by atoms with E-state index < -0.39 is 11.9 Å². The summed E-state index contributed by atoms with van der Waals surface area (Å²) in [4.78, 5) is 10.9. The summed E-state index contributed by atoms with van der Waals surface area (Å²) >= 11 is 0. The van der Waals surface area contributed by atoms with Crippen molar-refractivity contribution in [3.8, 4) is 0 Å². The molecule has 1 aliphatic rings. The van der Waals surface area contributed by atoms with E-state index in [4.69, 9.17) is 5.11 Å². The minimum absolute atomic E-state index is 0.485. The molecule has 2 nitrogen and oxygen atoms in total. The minimum Gasteiger partial charge on any atom is -0.481 e. The lowest BCUT2D eigenvalue weighted by atomic mass is 9.88. The summed E-state index contributed by atoms with van der Waals surface area (Å²) in [5, 5.41) is 8.92. The predicted octanol–water partition coefficient (Wildman–Crippen LogP) is 1.98. The summed E-state index contributed by atoms with van der Waals surface area (Å²) in [7, 11) is 0. The monoisotopic (exact) mass is 173 g/mol. The highest BCUT2D eigenvalue weighted by Crippen LogP contribution is 2.27. The average molecular weight is 173 g/mol. The Labute approximate surface area is 76.5 Å². The van der Waals surface area contributed by atoms with E-state index in [1.54, 1.807) is 12.2 Å². The molecule has 1 atom stereocenters. The molecule has 1 aliphatic carbocycles. The zero-order valence-corrected chi connectivity index (χ0v) is 6.97. The van der Waals surface area contributed by atoms with Gasteiger partial charge in [-0.1, -0.05) is 36.4 Å². The van der Waals surface area contributed by atoms with Gasteiger partial charge in [-0.25, -0.2) is 0 Å². The highest BCUT2D eigenvalue weighted by molar-refractivity contribution is 5.80. The van der Waals surface area contributed by atoms with Crippen LogP contribution in [0.2, 0.25) is 0 Å².